The average molecular weight is 418 g/mol. The number of hydrogen-bond donors (Lipinski definition) is 0. The summed E-state index contributed by atoms with van der Waals surface area (Å²) in [7, 11) is 0. The molecule has 0 unspecified atom stereocenters. The van der Waals surface area contributed by atoms with Crippen molar-refractivity contribution in [2.75, 3.05) is 0 Å². The van der Waals surface area contributed by atoms with E-state index in [2.05, 4.69) is 0 Å². The summed E-state index contributed by atoms with van der Waals surface area (Å²) in [5.41, 5.74) is 3.28. The monoisotopic (exact) mass is 417 g/mol. The van der Waals surface area contributed by atoms with Crippen LogP contribution in [0, 0.1) is 6.92 Å². The molecular weight excluding hydrogens is 399 g/mol. The molecule has 150 valence electrons. The second kappa shape index (κ2) is 7.38. The number of nitrogens with zero attached hydrogens (tertiary/aromatic N) is 1. The van der Waals surface area contributed by atoms with E-state index in [-0.39, 0.29) is 5.02 Å². The zero-order valence-corrected chi connectivity index (χ0v) is 16.6. The Morgan fingerprint density at radius 2 is 1.72 bits per heavy atom. The molecule has 0 spiro atoms. The fraction of sp³-hybridized carbons (Fsp3) is 0.261. The maximum Gasteiger partial charge on any atom is 0.417 e. The maximum atomic E-state index is 13.5. The van der Waals surface area contributed by atoms with Gasteiger partial charge in [-0.25, -0.2) is 0 Å². The van der Waals surface area contributed by atoms with Gasteiger partial charge in [0.05, 0.1) is 16.1 Å². The van der Waals surface area contributed by atoms with Gasteiger partial charge in [-0.3, -0.25) is 9.36 Å². The van der Waals surface area contributed by atoms with Crippen LogP contribution < -0.4 is 0 Å². The lowest BCUT2D eigenvalue weighted by Crippen LogP contribution is -2.21. The van der Waals surface area contributed by atoms with Crippen molar-refractivity contribution in [3.05, 3.63) is 81.6 Å². The van der Waals surface area contributed by atoms with Crippen molar-refractivity contribution in [1.29, 1.82) is 0 Å². The molecule has 6 heteroatoms. The van der Waals surface area contributed by atoms with Gasteiger partial charge < -0.3 is 0 Å². The van der Waals surface area contributed by atoms with Gasteiger partial charge in [0.2, 0.25) is 0 Å². The van der Waals surface area contributed by atoms with Crippen LogP contribution in [0.15, 0.2) is 48.7 Å². The first-order chi connectivity index (χ1) is 13.8. The summed E-state index contributed by atoms with van der Waals surface area (Å²) in [5, 5.41) is -0.194. The second-order valence-electron chi connectivity index (χ2n) is 7.38. The molecule has 0 radical (unpaired) electrons. The fourth-order valence-corrected chi connectivity index (χ4v) is 4.25. The third-order valence-electron chi connectivity index (χ3n) is 5.43. The third kappa shape index (κ3) is 3.60. The van der Waals surface area contributed by atoms with Crippen LogP contribution in [0.4, 0.5) is 13.2 Å². The molecule has 0 amide bonds. The topological polar surface area (TPSA) is 22.0 Å². The molecule has 2 aromatic carbocycles. The average Bonchev–Trinajstić information content (AvgIpc) is 3.07. The van der Waals surface area contributed by atoms with Crippen molar-refractivity contribution in [3.8, 4) is 11.1 Å². The Hall–Kier alpha value is -2.53. The standard InChI is InChI=1S/C23H19ClF3NO/c1-14-9-11-15(12-10-14)17-13-28(20-8-3-2-5-16(17)20)22(29)21-18(23(25,26)27)6-4-7-19(21)24/h4,6-7,9-13H,2-3,5,8H2,1H3. The molecule has 1 heterocycles. The molecule has 1 aromatic heterocycles. The molecule has 29 heavy (non-hydrogen) atoms. The minimum absolute atomic E-state index is 0.194. The summed E-state index contributed by atoms with van der Waals surface area (Å²) in [6.07, 6.45) is 0.345. The van der Waals surface area contributed by atoms with Crippen LogP contribution in [0.2, 0.25) is 5.02 Å². The quantitative estimate of drug-likeness (QED) is 0.454. The van der Waals surface area contributed by atoms with E-state index in [1.165, 1.54) is 16.7 Å². The number of aromatic nitrogens is 1. The molecule has 0 fully saturated rings. The summed E-state index contributed by atoms with van der Waals surface area (Å²) < 4.78 is 42.0. The first kappa shape index (κ1) is 19.8. The molecule has 4 rings (SSSR count). The maximum absolute atomic E-state index is 13.5. The highest BCUT2D eigenvalue weighted by atomic mass is 35.5. The van der Waals surface area contributed by atoms with Gasteiger partial charge >= 0.3 is 6.18 Å². The molecule has 0 atom stereocenters. The Labute approximate surface area is 171 Å². The van der Waals surface area contributed by atoms with Crippen LogP contribution in [-0.2, 0) is 19.0 Å². The summed E-state index contributed by atoms with van der Waals surface area (Å²) in [5.74, 6) is -0.737. The summed E-state index contributed by atoms with van der Waals surface area (Å²) >= 11 is 6.07. The van der Waals surface area contributed by atoms with Crippen molar-refractivity contribution >= 4 is 17.5 Å². The SMILES string of the molecule is Cc1ccc(-c2cn(C(=O)c3c(Cl)cccc3C(F)(F)F)c3c2CCCC3)cc1. The van der Waals surface area contributed by atoms with Crippen LogP contribution in [0.1, 0.15) is 45.6 Å². The Morgan fingerprint density at radius 3 is 2.41 bits per heavy atom. The highest BCUT2D eigenvalue weighted by molar-refractivity contribution is 6.34. The number of hydrogen-bond acceptors (Lipinski definition) is 1. The van der Waals surface area contributed by atoms with Crippen LogP contribution in [-0.4, -0.2) is 10.5 Å². The number of fused-ring (bicyclic) bond motifs is 1. The molecule has 0 bridgehead atoms. The number of halogens is 4. The normalized spacial score (nSPS) is 14.0. The van der Waals surface area contributed by atoms with Gasteiger partial charge in [0.1, 0.15) is 0 Å². The van der Waals surface area contributed by atoms with E-state index in [9.17, 15) is 18.0 Å². The highest BCUT2D eigenvalue weighted by Crippen LogP contribution is 2.38. The first-order valence-electron chi connectivity index (χ1n) is 9.48. The van der Waals surface area contributed by atoms with E-state index in [0.717, 1.165) is 53.3 Å². The number of carbonyl (C=O) groups excluding carboxylic acids is 1. The van der Waals surface area contributed by atoms with E-state index < -0.39 is 23.2 Å². The summed E-state index contributed by atoms with van der Waals surface area (Å²) in [4.78, 5) is 13.3. The molecule has 1 aliphatic carbocycles. The Kier molecular flexibility index (Phi) is 5.03. The van der Waals surface area contributed by atoms with Gasteiger partial charge in [-0.05, 0) is 55.9 Å². The number of aryl methyl sites for hydroxylation is 1. The Morgan fingerprint density at radius 1 is 1.03 bits per heavy atom. The van der Waals surface area contributed by atoms with Crippen molar-refractivity contribution < 1.29 is 18.0 Å². The van der Waals surface area contributed by atoms with Gasteiger partial charge in [-0.15, -0.1) is 0 Å². The fourth-order valence-electron chi connectivity index (χ4n) is 3.99. The van der Waals surface area contributed by atoms with Crippen molar-refractivity contribution in [2.45, 2.75) is 38.8 Å². The van der Waals surface area contributed by atoms with E-state index in [0.29, 0.717) is 6.42 Å². The molecule has 1 aliphatic rings. The molecule has 0 saturated heterocycles. The van der Waals surface area contributed by atoms with E-state index in [4.69, 9.17) is 11.6 Å². The molecule has 0 aliphatic heterocycles. The van der Waals surface area contributed by atoms with Gasteiger partial charge in [0.15, 0.2) is 0 Å². The first-order valence-corrected chi connectivity index (χ1v) is 9.85. The summed E-state index contributed by atoms with van der Waals surface area (Å²) in [6.45, 7) is 1.99. The van der Waals surface area contributed by atoms with Crippen molar-refractivity contribution in [3.63, 3.8) is 0 Å². The molecular formula is C23H19ClF3NO. The number of carbonyl (C=O) groups is 1. The van der Waals surface area contributed by atoms with Crippen LogP contribution in [0.25, 0.3) is 11.1 Å². The zero-order valence-electron chi connectivity index (χ0n) is 15.8. The molecule has 3 aromatic rings. The van der Waals surface area contributed by atoms with Gasteiger partial charge in [0.25, 0.3) is 5.91 Å². The van der Waals surface area contributed by atoms with E-state index in [1.54, 1.807) is 6.20 Å². The van der Waals surface area contributed by atoms with Gasteiger partial charge in [-0.2, -0.15) is 13.2 Å². The number of alkyl halides is 3. The highest BCUT2D eigenvalue weighted by Gasteiger charge is 2.37. The third-order valence-corrected chi connectivity index (χ3v) is 5.74. The Balaban J connectivity index is 1.89. The predicted molar refractivity (Wildman–Crippen MR) is 107 cm³/mol. The molecule has 0 N–H and O–H groups in total. The van der Waals surface area contributed by atoms with Crippen LogP contribution >= 0.6 is 11.6 Å². The lowest BCUT2D eigenvalue weighted by atomic mass is 9.92. The summed E-state index contributed by atoms with van der Waals surface area (Å²) in [6, 6.07) is 11.4. The lowest BCUT2D eigenvalue weighted by Gasteiger charge is -2.18. The predicted octanol–water partition coefficient (Wildman–Crippen LogP) is 6.70. The minimum atomic E-state index is -4.66. The van der Waals surface area contributed by atoms with E-state index in [1.807, 2.05) is 31.2 Å². The molecule has 2 nitrogen and oxygen atoms in total. The van der Waals surface area contributed by atoms with E-state index >= 15 is 0 Å². The van der Waals surface area contributed by atoms with Crippen molar-refractivity contribution in [1.82, 2.24) is 4.57 Å². The minimum Gasteiger partial charge on any atom is -0.287 e. The zero-order chi connectivity index (χ0) is 20.8. The Bertz CT molecular complexity index is 1080. The lowest BCUT2D eigenvalue weighted by molar-refractivity contribution is -0.137. The second-order valence-corrected chi connectivity index (χ2v) is 7.78. The van der Waals surface area contributed by atoms with Crippen molar-refractivity contribution in [2.24, 2.45) is 0 Å². The van der Waals surface area contributed by atoms with Crippen LogP contribution in [0.5, 0.6) is 0 Å². The number of benzene rings is 2. The smallest absolute Gasteiger partial charge is 0.287 e. The van der Waals surface area contributed by atoms with Gasteiger partial charge in [0, 0.05) is 17.5 Å². The largest absolute Gasteiger partial charge is 0.417 e. The van der Waals surface area contributed by atoms with Crippen LogP contribution in [0.3, 0.4) is 0 Å². The van der Waals surface area contributed by atoms with Gasteiger partial charge in [-0.1, -0.05) is 47.5 Å². The molecule has 0 saturated carbocycles. The number of rotatable bonds is 2.